The van der Waals surface area contributed by atoms with Crippen LogP contribution in [0.15, 0.2) is 51.8 Å². The lowest BCUT2D eigenvalue weighted by Gasteiger charge is -2.35. The van der Waals surface area contributed by atoms with Crippen molar-refractivity contribution in [3.05, 3.63) is 69.4 Å². The van der Waals surface area contributed by atoms with E-state index in [2.05, 4.69) is 25.2 Å². The first-order chi connectivity index (χ1) is 19.5. The lowest BCUT2D eigenvalue weighted by Crippen LogP contribution is -2.49. The van der Waals surface area contributed by atoms with Crippen molar-refractivity contribution in [2.75, 3.05) is 26.2 Å². The maximum absolute atomic E-state index is 12.7. The minimum Gasteiger partial charge on any atom is -0.444 e. The highest BCUT2D eigenvalue weighted by Crippen LogP contribution is 2.24. The van der Waals surface area contributed by atoms with Gasteiger partial charge in [0.2, 0.25) is 5.89 Å². The van der Waals surface area contributed by atoms with Gasteiger partial charge in [-0.1, -0.05) is 35.6 Å². The van der Waals surface area contributed by atoms with Crippen LogP contribution in [0.5, 0.6) is 0 Å². The molecule has 1 saturated heterocycles. The van der Waals surface area contributed by atoms with Crippen molar-refractivity contribution in [1.82, 2.24) is 34.8 Å². The fraction of sp³-hybridized carbons (Fsp3) is 0.407. The van der Waals surface area contributed by atoms with E-state index < -0.39 is 17.9 Å². The second-order valence-electron chi connectivity index (χ2n) is 10.6. The quantitative estimate of drug-likeness (QED) is 0.310. The predicted octanol–water partition coefficient (Wildman–Crippen LogP) is 4.46. The third-order valence-electron chi connectivity index (χ3n) is 6.25. The van der Waals surface area contributed by atoms with Crippen LogP contribution in [0, 0.1) is 0 Å². The molecule has 0 radical (unpaired) electrons. The number of aromatic nitrogens is 5. The molecule has 0 spiro atoms. The first kappa shape index (κ1) is 28.5. The summed E-state index contributed by atoms with van der Waals surface area (Å²) >= 11 is 1.04. The van der Waals surface area contributed by atoms with Crippen molar-refractivity contribution in [3.63, 3.8) is 0 Å². The van der Waals surface area contributed by atoms with E-state index in [1.165, 1.54) is 10.9 Å². The van der Waals surface area contributed by atoms with Crippen LogP contribution in [-0.2, 0) is 17.8 Å². The number of halogens is 2. The topological polar surface area (TPSA) is 119 Å². The summed E-state index contributed by atoms with van der Waals surface area (Å²) in [5.74, 6) is -0.809. The van der Waals surface area contributed by atoms with Gasteiger partial charge in [0, 0.05) is 44.5 Å². The molecule has 1 aliphatic rings. The zero-order valence-corrected chi connectivity index (χ0v) is 23.6. The number of carbonyl (C=O) groups excluding carboxylic acids is 1. The lowest BCUT2D eigenvalue weighted by molar-refractivity contribution is 0.0139. The number of amides is 1. The number of pyridine rings is 1. The molecule has 216 valence electrons. The number of piperazine rings is 1. The molecule has 1 aromatic carbocycles. The Kier molecular flexibility index (Phi) is 8.22. The highest BCUT2D eigenvalue weighted by atomic mass is 32.1. The number of hydrogen-bond donors (Lipinski definition) is 0. The van der Waals surface area contributed by atoms with Crippen LogP contribution < -0.4 is 4.87 Å². The number of hydrogen-bond acceptors (Lipinski definition) is 10. The van der Waals surface area contributed by atoms with Gasteiger partial charge in [-0.15, -0.1) is 10.2 Å². The van der Waals surface area contributed by atoms with Crippen LogP contribution in [0.3, 0.4) is 0 Å². The first-order valence-corrected chi connectivity index (χ1v) is 13.8. The Hall–Kier alpha value is -4.04. The SMILES string of the molecule is CC(C)(C)OC(=O)N1CCN(Cc2ccc(-c3nn(Cc4ccc(-c5nnc(C(F)F)o5)cn4)c(=O)s3)cc2)CC1. The predicted molar refractivity (Wildman–Crippen MR) is 146 cm³/mol. The molecule has 5 rings (SSSR count). The van der Waals surface area contributed by atoms with E-state index >= 15 is 0 Å². The number of nitrogens with zero attached hydrogens (tertiary/aromatic N) is 7. The van der Waals surface area contributed by atoms with Crippen LogP contribution in [0.1, 0.15) is 44.3 Å². The molecule has 0 unspecified atom stereocenters. The van der Waals surface area contributed by atoms with Crippen molar-refractivity contribution < 1.29 is 22.7 Å². The highest BCUT2D eigenvalue weighted by Gasteiger charge is 2.26. The number of carbonyl (C=O) groups is 1. The fourth-order valence-corrected chi connectivity index (χ4v) is 4.96. The summed E-state index contributed by atoms with van der Waals surface area (Å²) in [6, 6.07) is 11.2. The van der Waals surface area contributed by atoms with Gasteiger partial charge in [-0.25, -0.2) is 9.48 Å². The number of ether oxygens (including phenoxy) is 1. The van der Waals surface area contributed by atoms with E-state index in [1.807, 2.05) is 45.0 Å². The number of benzene rings is 1. The molecule has 1 fully saturated rings. The smallest absolute Gasteiger partial charge is 0.410 e. The summed E-state index contributed by atoms with van der Waals surface area (Å²) < 4.78 is 37.1. The van der Waals surface area contributed by atoms with Crippen molar-refractivity contribution in [2.24, 2.45) is 0 Å². The van der Waals surface area contributed by atoms with Gasteiger partial charge in [-0.2, -0.15) is 13.9 Å². The van der Waals surface area contributed by atoms with Gasteiger partial charge >= 0.3 is 17.4 Å². The third kappa shape index (κ3) is 7.19. The largest absolute Gasteiger partial charge is 0.444 e. The maximum atomic E-state index is 12.7. The van der Waals surface area contributed by atoms with Crippen molar-refractivity contribution in [3.8, 4) is 22.0 Å². The molecule has 14 heteroatoms. The van der Waals surface area contributed by atoms with Crippen LogP contribution in [-0.4, -0.2) is 72.6 Å². The Morgan fingerprint density at radius 1 is 1.02 bits per heavy atom. The normalized spacial score (nSPS) is 14.5. The molecular formula is C27H29F2N7O4S. The summed E-state index contributed by atoms with van der Waals surface area (Å²) in [7, 11) is 0. The molecule has 4 aromatic rings. The summed E-state index contributed by atoms with van der Waals surface area (Å²) in [6.07, 6.45) is -1.70. The number of alkyl halides is 2. The second kappa shape index (κ2) is 11.8. The van der Waals surface area contributed by atoms with E-state index in [-0.39, 0.29) is 23.4 Å². The van der Waals surface area contributed by atoms with Crippen molar-refractivity contribution in [1.29, 1.82) is 0 Å². The van der Waals surface area contributed by atoms with Crippen LogP contribution in [0.4, 0.5) is 13.6 Å². The van der Waals surface area contributed by atoms with Gasteiger partial charge in [0.15, 0.2) is 0 Å². The third-order valence-corrected chi connectivity index (χ3v) is 7.14. The number of rotatable bonds is 7. The molecule has 4 heterocycles. The van der Waals surface area contributed by atoms with Gasteiger partial charge in [0.1, 0.15) is 10.6 Å². The van der Waals surface area contributed by atoms with Gasteiger partial charge in [-0.3, -0.25) is 14.7 Å². The molecule has 0 bridgehead atoms. The molecule has 0 saturated carbocycles. The first-order valence-electron chi connectivity index (χ1n) is 13.0. The summed E-state index contributed by atoms with van der Waals surface area (Å²) in [6.45, 7) is 9.24. The maximum Gasteiger partial charge on any atom is 0.410 e. The molecule has 11 nitrogen and oxygen atoms in total. The molecule has 41 heavy (non-hydrogen) atoms. The fourth-order valence-electron chi connectivity index (χ4n) is 4.19. The van der Waals surface area contributed by atoms with E-state index in [9.17, 15) is 18.4 Å². The minimum absolute atomic E-state index is 0.0565. The second-order valence-corrected chi connectivity index (χ2v) is 11.5. The van der Waals surface area contributed by atoms with Crippen LogP contribution in [0.2, 0.25) is 0 Å². The van der Waals surface area contributed by atoms with Gasteiger partial charge < -0.3 is 14.1 Å². The minimum atomic E-state index is -2.85. The van der Waals surface area contributed by atoms with Gasteiger partial charge in [0.05, 0.1) is 17.8 Å². The van der Waals surface area contributed by atoms with E-state index in [1.54, 1.807) is 17.0 Å². The monoisotopic (exact) mass is 585 g/mol. The summed E-state index contributed by atoms with van der Waals surface area (Å²) in [5, 5.41) is 12.0. The standard InChI is InChI=1S/C27H29F2N7O4S/c1-27(2,3)40-25(37)35-12-10-34(11-13-35)15-17-4-6-18(7-5-17)24-33-36(26(38)41-24)16-20-9-8-19(14-30-20)22-31-32-23(39-22)21(28)29/h4-9,14,21H,10-13,15-16H2,1-3H3. The van der Waals surface area contributed by atoms with Gasteiger partial charge in [0.25, 0.3) is 5.89 Å². The highest BCUT2D eigenvalue weighted by molar-refractivity contribution is 7.12. The Bertz CT molecular complexity index is 1540. The lowest BCUT2D eigenvalue weighted by atomic mass is 10.1. The molecule has 1 amide bonds. The Morgan fingerprint density at radius 3 is 2.34 bits per heavy atom. The average Bonchev–Trinajstić information content (AvgIpc) is 3.57. The van der Waals surface area contributed by atoms with E-state index in [0.29, 0.717) is 29.4 Å². The zero-order valence-electron chi connectivity index (χ0n) is 22.8. The zero-order chi connectivity index (χ0) is 29.1. The molecular weight excluding hydrogens is 556 g/mol. The molecule has 1 aliphatic heterocycles. The Labute approximate surface area is 238 Å². The Balaban J connectivity index is 1.16. The van der Waals surface area contributed by atoms with Crippen molar-refractivity contribution in [2.45, 2.75) is 45.9 Å². The molecule has 3 aromatic heterocycles. The molecule has 0 N–H and O–H groups in total. The molecule has 0 aliphatic carbocycles. The van der Waals surface area contributed by atoms with E-state index in [4.69, 9.17) is 9.15 Å². The van der Waals surface area contributed by atoms with E-state index in [0.717, 1.165) is 42.1 Å². The Morgan fingerprint density at radius 2 is 1.73 bits per heavy atom. The van der Waals surface area contributed by atoms with Crippen LogP contribution in [0.25, 0.3) is 22.0 Å². The average molecular weight is 586 g/mol. The van der Waals surface area contributed by atoms with Gasteiger partial charge in [-0.05, 0) is 38.5 Å². The van der Waals surface area contributed by atoms with Crippen LogP contribution >= 0.6 is 11.3 Å². The summed E-state index contributed by atoms with van der Waals surface area (Å²) in [4.78, 5) is 33.0. The summed E-state index contributed by atoms with van der Waals surface area (Å²) in [5.41, 5.74) is 2.40. The molecule has 0 atom stereocenters. The van der Waals surface area contributed by atoms with Crippen molar-refractivity contribution >= 4 is 17.4 Å².